The van der Waals surface area contributed by atoms with Crippen LogP contribution < -0.4 is 0 Å². The zero-order valence-corrected chi connectivity index (χ0v) is 16.3. The molecule has 1 aromatic heterocycles. The van der Waals surface area contributed by atoms with Crippen LogP contribution in [0.3, 0.4) is 0 Å². The molecule has 2 heterocycles. The van der Waals surface area contributed by atoms with Crippen LogP contribution in [-0.2, 0) is 4.74 Å². The molecule has 0 unspecified atom stereocenters. The Morgan fingerprint density at radius 1 is 1.19 bits per heavy atom. The quantitative estimate of drug-likeness (QED) is 0.862. The maximum atomic E-state index is 12.6. The Hall–Kier alpha value is -2.40. The van der Waals surface area contributed by atoms with Crippen LogP contribution in [0.5, 0.6) is 0 Å². The van der Waals surface area contributed by atoms with Gasteiger partial charge in [-0.1, -0.05) is 30.3 Å². The summed E-state index contributed by atoms with van der Waals surface area (Å²) in [6.07, 6.45) is 5.17. The number of amides is 1. The molecule has 5 nitrogen and oxygen atoms in total. The Morgan fingerprint density at radius 2 is 1.93 bits per heavy atom. The van der Waals surface area contributed by atoms with Crippen molar-refractivity contribution in [2.45, 2.75) is 57.8 Å². The highest BCUT2D eigenvalue weighted by atomic mass is 16.6. The van der Waals surface area contributed by atoms with Crippen molar-refractivity contribution in [3.05, 3.63) is 54.4 Å². The Balaban J connectivity index is 1.76. The Morgan fingerprint density at radius 3 is 2.56 bits per heavy atom. The second-order valence-corrected chi connectivity index (χ2v) is 8.05. The molecule has 27 heavy (non-hydrogen) atoms. The molecule has 144 valence electrons. The van der Waals surface area contributed by atoms with Gasteiger partial charge in [0.15, 0.2) is 0 Å². The normalized spacial score (nSPS) is 18.8. The minimum Gasteiger partial charge on any atom is -0.444 e. The monoisotopic (exact) mass is 368 g/mol. The van der Waals surface area contributed by atoms with E-state index in [1.165, 1.54) is 0 Å². The summed E-state index contributed by atoms with van der Waals surface area (Å²) < 4.78 is 5.54. The molecule has 1 fully saturated rings. The largest absolute Gasteiger partial charge is 0.444 e. The van der Waals surface area contributed by atoms with Crippen molar-refractivity contribution in [2.75, 3.05) is 6.54 Å². The molecule has 0 radical (unpaired) electrons. The van der Waals surface area contributed by atoms with Gasteiger partial charge in [-0.2, -0.15) is 0 Å². The molecule has 1 N–H and O–H groups in total. The number of carbonyl (C=O) groups excluding carboxylic acids is 1. The van der Waals surface area contributed by atoms with Gasteiger partial charge in [0.25, 0.3) is 0 Å². The molecule has 1 amide bonds. The number of benzene rings is 1. The molecular weight excluding hydrogens is 340 g/mol. The van der Waals surface area contributed by atoms with E-state index in [0.29, 0.717) is 6.54 Å². The van der Waals surface area contributed by atoms with Gasteiger partial charge < -0.3 is 14.7 Å². The summed E-state index contributed by atoms with van der Waals surface area (Å²) in [7, 11) is 0. The van der Waals surface area contributed by atoms with Crippen molar-refractivity contribution in [3.63, 3.8) is 0 Å². The molecule has 0 aliphatic carbocycles. The van der Waals surface area contributed by atoms with Gasteiger partial charge >= 0.3 is 6.09 Å². The van der Waals surface area contributed by atoms with Gasteiger partial charge in [0, 0.05) is 18.9 Å². The van der Waals surface area contributed by atoms with Crippen LogP contribution >= 0.6 is 0 Å². The standard InChI is InChI=1S/C22H28N2O3/c1-22(2,3)27-21(26)24-14-5-4-8-19(24)20(25)17-11-9-16(10-12-17)18-7-6-13-23-15-18/h6-7,9-13,15,19-20,25H,4-5,8,14H2,1-3H3/t19-,20-/m0/s1. The van der Waals surface area contributed by atoms with E-state index in [0.717, 1.165) is 36.0 Å². The predicted octanol–water partition coefficient (Wildman–Crippen LogP) is 4.57. The fourth-order valence-electron chi connectivity index (χ4n) is 3.46. The molecule has 1 aliphatic heterocycles. The third kappa shape index (κ3) is 4.86. The highest BCUT2D eigenvalue weighted by Crippen LogP contribution is 2.31. The number of piperidine rings is 1. The van der Waals surface area contributed by atoms with Crippen LogP contribution in [0.25, 0.3) is 11.1 Å². The van der Waals surface area contributed by atoms with E-state index in [1.54, 1.807) is 11.1 Å². The molecule has 2 aromatic rings. The van der Waals surface area contributed by atoms with Crippen molar-refractivity contribution >= 4 is 6.09 Å². The molecule has 0 saturated carbocycles. The van der Waals surface area contributed by atoms with E-state index in [4.69, 9.17) is 4.74 Å². The van der Waals surface area contributed by atoms with E-state index >= 15 is 0 Å². The second-order valence-electron chi connectivity index (χ2n) is 8.05. The van der Waals surface area contributed by atoms with Gasteiger partial charge in [-0.15, -0.1) is 0 Å². The van der Waals surface area contributed by atoms with Gasteiger partial charge in [-0.25, -0.2) is 4.79 Å². The van der Waals surface area contributed by atoms with Crippen molar-refractivity contribution in [1.29, 1.82) is 0 Å². The van der Waals surface area contributed by atoms with E-state index in [2.05, 4.69) is 4.98 Å². The molecule has 1 aromatic carbocycles. The number of hydrogen-bond acceptors (Lipinski definition) is 4. The van der Waals surface area contributed by atoms with Gasteiger partial charge in [0.05, 0.1) is 12.1 Å². The van der Waals surface area contributed by atoms with E-state index in [-0.39, 0.29) is 12.1 Å². The summed E-state index contributed by atoms with van der Waals surface area (Å²) in [4.78, 5) is 18.4. The average Bonchev–Trinajstić information content (AvgIpc) is 2.67. The second kappa shape index (κ2) is 8.09. The summed E-state index contributed by atoms with van der Waals surface area (Å²) in [5, 5.41) is 11.0. The first-order valence-electron chi connectivity index (χ1n) is 9.53. The fourth-order valence-corrected chi connectivity index (χ4v) is 3.46. The number of aromatic nitrogens is 1. The van der Waals surface area contributed by atoms with Crippen molar-refractivity contribution < 1.29 is 14.6 Å². The number of carbonyl (C=O) groups is 1. The molecule has 0 bridgehead atoms. The van der Waals surface area contributed by atoms with Gasteiger partial charge in [-0.05, 0) is 62.8 Å². The van der Waals surface area contributed by atoms with E-state index in [1.807, 2.05) is 63.4 Å². The van der Waals surface area contributed by atoms with Crippen molar-refractivity contribution in [1.82, 2.24) is 9.88 Å². The van der Waals surface area contributed by atoms with Gasteiger partial charge in [-0.3, -0.25) is 4.98 Å². The molecule has 5 heteroatoms. The first-order chi connectivity index (χ1) is 12.8. The Bertz CT molecular complexity index is 753. The Kier molecular flexibility index (Phi) is 5.80. The topological polar surface area (TPSA) is 62.7 Å². The lowest BCUT2D eigenvalue weighted by atomic mass is 9.92. The maximum absolute atomic E-state index is 12.6. The number of pyridine rings is 1. The van der Waals surface area contributed by atoms with Gasteiger partial charge in [0.1, 0.15) is 5.60 Å². The smallest absolute Gasteiger partial charge is 0.410 e. The van der Waals surface area contributed by atoms with Crippen LogP contribution in [0.4, 0.5) is 4.79 Å². The summed E-state index contributed by atoms with van der Waals surface area (Å²) in [6.45, 7) is 6.19. The number of rotatable bonds is 3. The van der Waals surface area contributed by atoms with Crippen LogP contribution in [-0.4, -0.2) is 39.3 Å². The van der Waals surface area contributed by atoms with Crippen LogP contribution in [0, 0.1) is 0 Å². The predicted molar refractivity (Wildman–Crippen MR) is 105 cm³/mol. The average molecular weight is 368 g/mol. The maximum Gasteiger partial charge on any atom is 0.410 e. The van der Waals surface area contributed by atoms with E-state index in [9.17, 15) is 9.90 Å². The lowest BCUT2D eigenvalue weighted by molar-refractivity contribution is -0.0169. The van der Waals surface area contributed by atoms with Crippen LogP contribution in [0.1, 0.15) is 51.7 Å². The summed E-state index contributed by atoms with van der Waals surface area (Å²) >= 11 is 0. The number of aliphatic hydroxyl groups is 1. The molecule has 0 spiro atoms. The third-order valence-electron chi connectivity index (χ3n) is 4.79. The first-order valence-corrected chi connectivity index (χ1v) is 9.53. The minimum absolute atomic E-state index is 0.266. The molecular formula is C22H28N2O3. The van der Waals surface area contributed by atoms with E-state index < -0.39 is 11.7 Å². The number of aliphatic hydroxyl groups excluding tert-OH is 1. The highest BCUT2D eigenvalue weighted by Gasteiger charge is 2.35. The van der Waals surface area contributed by atoms with Crippen LogP contribution in [0.2, 0.25) is 0 Å². The summed E-state index contributed by atoms with van der Waals surface area (Å²) in [6, 6.07) is 11.5. The fraction of sp³-hybridized carbons (Fsp3) is 0.455. The Labute approximate surface area is 161 Å². The summed E-state index contributed by atoms with van der Waals surface area (Å²) in [5.41, 5.74) is 2.34. The number of hydrogen-bond donors (Lipinski definition) is 1. The number of likely N-dealkylation sites (tertiary alicyclic amines) is 1. The van der Waals surface area contributed by atoms with Crippen molar-refractivity contribution in [3.8, 4) is 11.1 Å². The van der Waals surface area contributed by atoms with Crippen LogP contribution in [0.15, 0.2) is 48.8 Å². The first kappa shape index (κ1) is 19.4. The molecule has 1 aliphatic rings. The molecule has 2 atom stereocenters. The van der Waals surface area contributed by atoms with Crippen molar-refractivity contribution in [2.24, 2.45) is 0 Å². The zero-order valence-electron chi connectivity index (χ0n) is 16.3. The SMILES string of the molecule is CC(C)(C)OC(=O)N1CCCC[C@H]1[C@@H](O)c1ccc(-c2cccnc2)cc1. The number of ether oxygens (including phenoxy) is 1. The lowest BCUT2D eigenvalue weighted by Gasteiger charge is -2.39. The lowest BCUT2D eigenvalue weighted by Crippen LogP contribution is -2.48. The minimum atomic E-state index is -0.735. The zero-order chi connectivity index (χ0) is 19.4. The van der Waals surface area contributed by atoms with Gasteiger partial charge in [0.2, 0.25) is 0 Å². The molecule has 1 saturated heterocycles. The highest BCUT2D eigenvalue weighted by molar-refractivity contribution is 5.69. The molecule has 3 rings (SSSR count). The summed E-state index contributed by atoms with van der Waals surface area (Å²) in [5.74, 6) is 0. The third-order valence-corrected chi connectivity index (χ3v) is 4.79. The number of nitrogens with zero attached hydrogens (tertiary/aromatic N) is 2.